The maximum absolute atomic E-state index is 12.7. The maximum atomic E-state index is 12.7. The van der Waals surface area contributed by atoms with Gasteiger partial charge in [-0.2, -0.15) is 0 Å². The molecule has 1 unspecified atom stereocenters. The number of methoxy groups -OCH3 is 2. The monoisotopic (exact) mass is 338 g/mol. The molecule has 2 rings (SSSR count). The van der Waals surface area contributed by atoms with E-state index in [-0.39, 0.29) is 23.3 Å². The molecule has 0 N–H and O–H groups in total. The first-order valence-electron chi connectivity index (χ1n) is 6.94. The van der Waals surface area contributed by atoms with Crippen molar-refractivity contribution in [2.75, 3.05) is 14.2 Å². The van der Waals surface area contributed by atoms with Crippen molar-refractivity contribution < 1.29 is 27.5 Å². The van der Waals surface area contributed by atoms with Crippen LogP contribution in [0.3, 0.4) is 0 Å². The minimum Gasteiger partial charge on any atom is -0.468 e. The lowest BCUT2D eigenvalue weighted by Crippen LogP contribution is -2.41. The maximum Gasteiger partial charge on any atom is 0.327 e. The van der Waals surface area contributed by atoms with E-state index in [1.165, 1.54) is 12.1 Å². The van der Waals surface area contributed by atoms with E-state index in [0.717, 1.165) is 14.2 Å². The molecule has 0 spiro atoms. The molecular formula is C16H18O6S. The molecule has 1 aliphatic carbocycles. The number of hydrogen-bond donors (Lipinski definition) is 0. The molecule has 1 aromatic rings. The lowest BCUT2D eigenvalue weighted by Gasteiger charge is -2.24. The number of carbonyl (C=O) groups excluding carboxylic acids is 2. The van der Waals surface area contributed by atoms with Gasteiger partial charge in [-0.25, -0.2) is 8.42 Å². The van der Waals surface area contributed by atoms with Crippen molar-refractivity contribution in [1.29, 1.82) is 0 Å². The molecule has 0 amide bonds. The van der Waals surface area contributed by atoms with Crippen LogP contribution in [-0.2, 0) is 28.9 Å². The summed E-state index contributed by atoms with van der Waals surface area (Å²) in [6.45, 7) is 3.74. The van der Waals surface area contributed by atoms with Crippen LogP contribution < -0.4 is 0 Å². The Bertz CT molecular complexity index is 719. The average molecular weight is 338 g/mol. The molecule has 0 radical (unpaired) electrons. The minimum absolute atomic E-state index is 0.00142. The first-order chi connectivity index (χ1) is 10.8. The van der Waals surface area contributed by atoms with Crippen LogP contribution in [0.1, 0.15) is 12.8 Å². The summed E-state index contributed by atoms with van der Waals surface area (Å²) >= 11 is 0. The fourth-order valence-electron chi connectivity index (χ4n) is 2.92. The molecule has 0 aliphatic heterocycles. The fourth-order valence-corrected chi connectivity index (χ4v) is 4.73. The summed E-state index contributed by atoms with van der Waals surface area (Å²) in [5, 5.41) is -0.935. The minimum atomic E-state index is -3.70. The summed E-state index contributed by atoms with van der Waals surface area (Å²) in [5.74, 6) is -1.69. The van der Waals surface area contributed by atoms with Crippen molar-refractivity contribution in [3.8, 4) is 0 Å². The van der Waals surface area contributed by atoms with Crippen LogP contribution in [-0.4, -0.2) is 39.8 Å². The van der Waals surface area contributed by atoms with Crippen molar-refractivity contribution in [3.05, 3.63) is 42.5 Å². The van der Waals surface area contributed by atoms with Gasteiger partial charge in [0.25, 0.3) is 0 Å². The number of esters is 2. The summed E-state index contributed by atoms with van der Waals surface area (Å²) in [5.41, 5.74) is -1.57. The summed E-state index contributed by atoms with van der Waals surface area (Å²) in [4.78, 5) is 24.5. The largest absolute Gasteiger partial charge is 0.468 e. The zero-order valence-electron chi connectivity index (χ0n) is 12.9. The average Bonchev–Trinajstić information content (AvgIpc) is 2.93. The number of sulfone groups is 1. The zero-order chi connectivity index (χ0) is 17.3. The normalized spacial score (nSPS) is 20.1. The van der Waals surface area contributed by atoms with Crippen LogP contribution in [0.4, 0.5) is 0 Å². The molecule has 0 bridgehead atoms. The summed E-state index contributed by atoms with van der Waals surface area (Å²) in [7, 11) is -1.43. The zero-order valence-corrected chi connectivity index (χ0v) is 13.8. The van der Waals surface area contributed by atoms with E-state index in [1.807, 2.05) is 0 Å². The first kappa shape index (κ1) is 17.2. The number of hydrogen-bond acceptors (Lipinski definition) is 6. The van der Waals surface area contributed by atoms with Gasteiger partial charge < -0.3 is 9.47 Å². The van der Waals surface area contributed by atoms with E-state index in [0.29, 0.717) is 0 Å². The number of rotatable bonds is 4. The Morgan fingerprint density at radius 1 is 1.13 bits per heavy atom. The fraction of sp³-hybridized carbons (Fsp3) is 0.375. The Hall–Kier alpha value is -2.15. The van der Waals surface area contributed by atoms with Gasteiger partial charge in [0, 0.05) is 0 Å². The van der Waals surface area contributed by atoms with Gasteiger partial charge in [0.2, 0.25) is 0 Å². The molecule has 1 saturated carbocycles. The van der Waals surface area contributed by atoms with Gasteiger partial charge in [-0.3, -0.25) is 9.59 Å². The van der Waals surface area contributed by atoms with Gasteiger partial charge in [-0.05, 0) is 30.5 Å². The third-order valence-corrected chi connectivity index (χ3v) is 6.33. The van der Waals surface area contributed by atoms with Crippen LogP contribution in [0.15, 0.2) is 47.4 Å². The topological polar surface area (TPSA) is 86.7 Å². The second kappa shape index (κ2) is 6.16. The van der Waals surface area contributed by atoms with E-state index in [1.54, 1.807) is 18.2 Å². The van der Waals surface area contributed by atoms with Crippen molar-refractivity contribution in [2.24, 2.45) is 5.41 Å². The highest BCUT2D eigenvalue weighted by atomic mass is 32.2. The lowest BCUT2D eigenvalue weighted by molar-refractivity contribution is -0.165. The van der Waals surface area contributed by atoms with E-state index in [2.05, 4.69) is 6.58 Å². The smallest absolute Gasteiger partial charge is 0.327 e. The van der Waals surface area contributed by atoms with Crippen LogP contribution in [0.5, 0.6) is 0 Å². The van der Waals surface area contributed by atoms with E-state index in [4.69, 9.17) is 9.47 Å². The van der Waals surface area contributed by atoms with Crippen molar-refractivity contribution in [2.45, 2.75) is 23.0 Å². The Morgan fingerprint density at radius 2 is 1.65 bits per heavy atom. The summed E-state index contributed by atoms with van der Waals surface area (Å²) < 4.78 is 34.9. The van der Waals surface area contributed by atoms with Gasteiger partial charge >= 0.3 is 11.9 Å². The molecule has 124 valence electrons. The van der Waals surface area contributed by atoms with Crippen LogP contribution in [0, 0.1) is 5.41 Å². The van der Waals surface area contributed by atoms with Gasteiger partial charge in [0.15, 0.2) is 15.3 Å². The van der Waals surface area contributed by atoms with Gasteiger partial charge in [-0.1, -0.05) is 24.8 Å². The predicted molar refractivity (Wildman–Crippen MR) is 82.3 cm³/mol. The van der Waals surface area contributed by atoms with Gasteiger partial charge in [0.1, 0.15) is 0 Å². The standard InChI is InChI=1S/C16H18O6S/c1-11-9-13(23(19,20)12-7-5-4-6-8-12)10-16(11,14(17)21-2)15(18)22-3/h4-8,13H,1,9-10H2,2-3H3. The molecule has 1 atom stereocenters. The van der Waals surface area contributed by atoms with Crippen LogP contribution in [0.25, 0.3) is 0 Å². The summed E-state index contributed by atoms with van der Waals surface area (Å²) in [6.07, 6.45) is -0.232. The molecular weight excluding hydrogens is 320 g/mol. The van der Waals surface area contributed by atoms with Gasteiger partial charge in [0.05, 0.1) is 24.4 Å². The Balaban J connectivity index is 2.46. The molecule has 0 aromatic heterocycles. The number of carbonyl (C=O) groups is 2. The van der Waals surface area contributed by atoms with Crippen molar-refractivity contribution in [1.82, 2.24) is 0 Å². The highest BCUT2D eigenvalue weighted by Crippen LogP contribution is 2.47. The van der Waals surface area contributed by atoms with E-state index < -0.39 is 32.4 Å². The number of benzene rings is 1. The van der Waals surface area contributed by atoms with E-state index in [9.17, 15) is 18.0 Å². The van der Waals surface area contributed by atoms with Crippen molar-refractivity contribution in [3.63, 3.8) is 0 Å². The number of ether oxygens (including phenoxy) is 2. The lowest BCUT2D eigenvalue weighted by atomic mass is 9.83. The predicted octanol–water partition coefficient (Wildman–Crippen LogP) is 1.51. The van der Waals surface area contributed by atoms with Crippen LogP contribution >= 0.6 is 0 Å². The second-order valence-corrected chi connectivity index (χ2v) is 7.61. The van der Waals surface area contributed by atoms with Gasteiger partial charge in [-0.15, -0.1) is 0 Å². The quantitative estimate of drug-likeness (QED) is 0.470. The summed E-state index contributed by atoms with van der Waals surface area (Å²) in [6, 6.07) is 7.90. The molecule has 1 fully saturated rings. The third-order valence-electron chi connectivity index (χ3n) is 4.19. The molecule has 6 nitrogen and oxygen atoms in total. The Morgan fingerprint density at radius 3 is 2.13 bits per heavy atom. The molecule has 23 heavy (non-hydrogen) atoms. The second-order valence-electron chi connectivity index (χ2n) is 5.38. The molecule has 0 saturated heterocycles. The first-order valence-corrected chi connectivity index (χ1v) is 8.49. The highest BCUT2D eigenvalue weighted by Gasteiger charge is 2.58. The Labute approximate surface area is 135 Å². The Kier molecular flexibility index (Phi) is 4.61. The van der Waals surface area contributed by atoms with E-state index >= 15 is 0 Å². The molecule has 1 aliphatic rings. The third kappa shape index (κ3) is 2.65. The molecule has 0 heterocycles. The SMILES string of the molecule is C=C1CC(S(=O)(=O)c2ccccc2)CC1(C(=O)OC)C(=O)OC. The van der Waals surface area contributed by atoms with Crippen LogP contribution in [0.2, 0.25) is 0 Å². The van der Waals surface area contributed by atoms with Crippen molar-refractivity contribution >= 4 is 21.8 Å². The molecule has 1 aromatic carbocycles. The highest BCUT2D eigenvalue weighted by molar-refractivity contribution is 7.92. The molecule has 7 heteroatoms.